The van der Waals surface area contributed by atoms with Gasteiger partial charge in [0, 0.05) is 113 Å². The largest absolute Gasteiger partial charge is 0.490 e. The van der Waals surface area contributed by atoms with Gasteiger partial charge in [-0.25, -0.2) is 14.4 Å². The van der Waals surface area contributed by atoms with Crippen LogP contribution < -0.4 is 42.0 Å². The maximum Gasteiger partial charge on any atom is 0.364 e. The zero-order chi connectivity index (χ0) is 93.1. The molecule has 129 heavy (non-hydrogen) atoms. The summed E-state index contributed by atoms with van der Waals surface area (Å²) in [6.07, 6.45) is -14.4. The Kier molecular flexibility index (Phi) is 44.5. The summed E-state index contributed by atoms with van der Waals surface area (Å²) in [7, 11) is 0. The van der Waals surface area contributed by atoms with E-state index in [0.717, 1.165) is 36.1 Å². The maximum absolute atomic E-state index is 13.9. The molecular weight excluding hydrogens is 1730 g/mol. The number of amides is 9. The van der Waals surface area contributed by atoms with Crippen LogP contribution in [0.15, 0.2) is 127 Å². The zero-order valence-electron chi connectivity index (χ0n) is 71.8. The lowest BCUT2D eigenvalue weighted by Gasteiger charge is -2.46. The van der Waals surface area contributed by atoms with Gasteiger partial charge in [0.15, 0.2) is 0 Å². The van der Waals surface area contributed by atoms with Crippen molar-refractivity contribution < 1.29 is 151 Å². The average molecular weight is 1850 g/mol. The molecule has 0 bridgehead atoms. The molecule has 15 N–H and O–H groups in total. The highest BCUT2D eigenvalue weighted by atomic mass is 32.2. The summed E-state index contributed by atoms with van der Waals surface area (Å²) in [5.74, 6) is -12.6. The van der Waals surface area contributed by atoms with Crippen LogP contribution in [0.5, 0.6) is 5.75 Å². The summed E-state index contributed by atoms with van der Waals surface area (Å²) < 4.78 is 57.4. The number of hydrogen-bond acceptors (Lipinski definition) is 31. The third-order valence-corrected chi connectivity index (χ3v) is 22.5. The van der Waals surface area contributed by atoms with E-state index < -0.39 is 164 Å². The number of nitrogens with zero attached hydrogens (tertiary/aromatic N) is 1. The van der Waals surface area contributed by atoms with Crippen molar-refractivity contribution >= 4 is 94.6 Å². The Labute approximate surface area is 753 Å². The minimum absolute atomic E-state index is 0.00109. The van der Waals surface area contributed by atoms with E-state index in [1.807, 2.05) is 60.7 Å². The van der Waals surface area contributed by atoms with Crippen LogP contribution in [0.2, 0.25) is 0 Å². The van der Waals surface area contributed by atoms with Crippen LogP contribution in [0.4, 0.5) is 0 Å². The fourth-order valence-electron chi connectivity index (χ4n) is 13.6. The van der Waals surface area contributed by atoms with E-state index in [1.165, 1.54) is 41.7 Å². The van der Waals surface area contributed by atoms with Crippen molar-refractivity contribution in [1.29, 1.82) is 0 Å². The van der Waals surface area contributed by atoms with E-state index in [0.29, 0.717) is 47.5 Å². The number of benzene rings is 5. The number of rotatable bonds is 59. The molecule has 5 aromatic carbocycles. The lowest BCUT2D eigenvalue weighted by molar-refractivity contribution is -0.310. The van der Waals surface area contributed by atoms with Crippen LogP contribution in [-0.4, -0.2) is 331 Å². The maximum atomic E-state index is 13.9. The van der Waals surface area contributed by atoms with Gasteiger partial charge in [-0.1, -0.05) is 84.9 Å². The van der Waals surface area contributed by atoms with Gasteiger partial charge in [0.05, 0.1) is 121 Å². The summed E-state index contributed by atoms with van der Waals surface area (Å²) in [5.41, 5.74) is 4.26. The highest BCUT2D eigenvalue weighted by molar-refractivity contribution is 7.99. The van der Waals surface area contributed by atoms with Gasteiger partial charge in [-0.2, -0.15) is 23.5 Å². The fraction of sp³-hybridized carbons (Fsp3) is 0.523. The second kappa shape index (κ2) is 55.1. The highest BCUT2D eigenvalue weighted by Gasteiger charge is 2.57. The van der Waals surface area contributed by atoms with Crippen molar-refractivity contribution in [3.8, 4) is 28.0 Å². The molecule has 2 unspecified atom stereocenters. The quantitative estimate of drug-likeness (QED) is 0.0194. The second-order valence-corrected chi connectivity index (χ2v) is 32.5. The summed E-state index contributed by atoms with van der Waals surface area (Å²) in [6.45, 7) is 3.48. The van der Waals surface area contributed by atoms with Crippen LogP contribution in [0.1, 0.15) is 119 Å². The molecule has 3 aliphatic rings. The van der Waals surface area contributed by atoms with Gasteiger partial charge in [-0.05, 0) is 102 Å². The molecule has 8 rings (SSSR count). The van der Waals surface area contributed by atoms with Gasteiger partial charge >= 0.3 is 17.9 Å². The molecule has 0 aliphatic carbocycles. The summed E-state index contributed by atoms with van der Waals surface area (Å²) in [4.78, 5) is 156. The van der Waals surface area contributed by atoms with Gasteiger partial charge in [0.2, 0.25) is 17.7 Å². The van der Waals surface area contributed by atoms with Gasteiger partial charge in [-0.3, -0.25) is 43.2 Å². The third kappa shape index (κ3) is 34.3. The zero-order valence-corrected chi connectivity index (χ0v) is 73.4. The lowest BCUT2D eigenvalue weighted by Crippen LogP contribution is -2.68. The predicted molar refractivity (Wildman–Crippen MR) is 465 cm³/mol. The number of aliphatic carboxylic acids is 2. The third-order valence-electron chi connectivity index (χ3n) is 20.3. The van der Waals surface area contributed by atoms with Gasteiger partial charge in [0.25, 0.3) is 47.0 Å². The van der Waals surface area contributed by atoms with Crippen LogP contribution in [0, 0.1) is 0 Å². The molecule has 9 amide bonds. The first-order valence-corrected chi connectivity index (χ1v) is 44.7. The van der Waals surface area contributed by atoms with Crippen molar-refractivity contribution in [3.63, 3.8) is 0 Å². The molecule has 5 aromatic rings. The Morgan fingerprint density at radius 2 is 0.845 bits per heavy atom. The number of aliphatic hydroxyl groups is 6. The van der Waals surface area contributed by atoms with Gasteiger partial charge in [-0.15, -0.1) is 5.06 Å². The molecule has 3 fully saturated rings. The van der Waals surface area contributed by atoms with Gasteiger partial charge in [0.1, 0.15) is 36.8 Å². The molecule has 3 heterocycles. The normalized spacial score (nSPS) is 20.0. The Balaban J connectivity index is 0.755. The molecule has 0 aromatic heterocycles. The SMILES string of the molecule is CC(=O)N[C@@H]1[C@@H](O)C[C@](OCCCSCCNC(=O)c2ccc(C(=O)NCCSCCCO[C@]3(C(=O)O)C[C@H](O)[C@@H](NC(C)=O)[C@H](C(O)[C@H](O)CNC(=O)c4ccc(-c5ccccc5)cc4)O3)c(OCCOCCOCCOCCOCCOCCNC(=O)CCCCC(=O)ON3C(=O)CCC3=O)c2)(C(=O)O)O[C@H]1C(O)[C@H](O)CNC(=O)c1ccc(-c2ccccc2)cc1. The number of hydrogen-bond donors (Lipinski definition) is 15. The van der Waals surface area contributed by atoms with Gasteiger partial charge < -0.3 is 130 Å². The number of thioether (sulfide) groups is 2. The Morgan fingerprint density at radius 3 is 1.28 bits per heavy atom. The molecule has 3 saturated heterocycles. The van der Waals surface area contributed by atoms with Crippen molar-refractivity contribution in [2.24, 2.45) is 0 Å². The Bertz CT molecular complexity index is 4400. The Hall–Kier alpha value is -10.2. The predicted octanol–water partition coefficient (Wildman–Crippen LogP) is 1.68. The standard InChI is InChI=1S/C88H116N8O31S2/c1-56(97)94-75-66(99)52-87(85(113)114,125-79(75)77(107)68(101)54-92-81(109)62-23-19-60(20-24-62)58-13-5-3-6-14-58)123-34-11-47-128-49-32-90-83(111)64-27-28-65(70(51-64)122-46-45-121-44-43-120-42-41-119-40-39-118-38-37-117-36-31-89-71(103)17-9-10-18-74(106)127-96-72(104)29-30-73(96)105)84(112)91-33-50-129-48-12-35-124-88(86(115)116)53-67(100)76(95-57(2)98)80(126-88)78(108)69(102)55-93-82(110)63-25-21-61(22-26-63)59-15-7-4-8-16-59/h3-8,13-16,19-28,51,66-69,75-80,99-102,107-108H,9-12,17-18,29-50,52-55H2,1-2H3,(H,89,103)(H,90,111)(H,91,112)(H,92,109)(H,93,110)(H,94,97)(H,95,98)(H,113,114)(H,115,116)/t66-,67-,68+,69+,75+,76+,77?,78?,79+,80+,87+,88+/m0/s1. The second-order valence-electron chi connectivity index (χ2n) is 30.1. The molecule has 706 valence electrons. The van der Waals surface area contributed by atoms with Crippen LogP contribution in [0.3, 0.4) is 0 Å². The summed E-state index contributed by atoms with van der Waals surface area (Å²) in [6, 6.07) is 33.6. The first-order chi connectivity index (χ1) is 62.1. The summed E-state index contributed by atoms with van der Waals surface area (Å²) in [5, 5.41) is 108. The Morgan fingerprint density at radius 1 is 0.450 bits per heavy atom. The first-order valence-electron chi connectivity index (χ1n) is 42.4. The number of carbonyl (C=O) groups excluding carboxylic acids is 10. The topological polar surface area (TPSA) is 556 Å². The molecule has 0 spiro atoms. The van der Waals surface area contributed by atoms with E-state index in [2.05, 4.69) is 37.2 Å². The van der Waals surface area contributed by atoms with E-state index in [-0.39, 0.29) is 171 Å². The minimum atomic E-state index is -2.56. The number of ether oxygens (including phenoxy) is 10. The monoisotopic (exact) mass is 1840 g/mol. The number of carbonyl (C=O) groups is 12. The number of imide groups is 1. The number of hydroxylamine groups is 2. The van der Waals surface area contributed by atoms with Crippen molar-refractivity contribution in [3.05, 3.63) is 150 Å². The van der Waals surface area contributed by atoms with Crippen LogP contribution >= 0.6 is 23.5 Å². The van der Waals surface area contributed by atoms with Crippen molar-refractivity contribution in [2.75, 3.05) is 142 Å². The number of aliphatic hydroxyl groups excluding tert-OH is 6. The lowest BCUT2D eigenvalue weighted by atomic mass is 9.88. The van der Waals surface area contributed by atoms with E-state index in [9.17, 15) is 98.4 Å². The average Bonchev–Trinajstić information content (AvgIpc) is 0.844. The van der Waals surface area contributed by atoms with Crippen LogP contribution in [0.25, 0.3) is 22.3 Å². The minimum Gasteiger partial charge on any atom is -0.490 e. The number of carboxylic acids is 2. The highest BCUT2D eigenvalue weighted by Crippen LogP contribution is 2.36. The van der Waals surface area contributed by atoms with Crippen molar-refractivity contribution in [2.45, 2.75) is 151 Å². The molecule has 3 aliphatic heterocycles. The molecular formula is C88H116N8O31S2. The smallest absolute Gasteiger partial charge is 0.364 e. The summed E-state index contributed by atoms with van der Waals surface area (Å²) >= 11 is 2.74. The number of nitrogens with one attached hydrogen (secondary N) is 7. The molecule has 41 heteroatoms. The number of unbranched alkanes of at least 4 members (excludes halogenated alkanes) is 1. The molecule has 0 saturated carbocycles. The van der Waals surface area contributed by atoms with Crippen LogP contribution in [-0.2, 0) is 85.8 Å². The fourth-order valence-corrected chi connectivity index (χ4v) is 15.2. The molecule has 12 atom stereocenters. The molecule has 0 radical (unpaired) electrons. The van der Waals surface area contributed by atoms with Crippen molar-refractivity contribution in [1.82, 2.24) is 42.3 Å². The number of carboxylic acid groups (broad SMARTS) is 2. The van der Waals surface area contributed by atoms with E-state index >= 15 is 0 Å². The first kappa shape index (κ1) is 104. The molecule has 39 nitrogen and oxygen atoms in total. The van der Waals surface area contributed by atoms with E-state index in [4.69, 9.17) is 52.2 Å². The van der Waals surface area contributed by atoms with E-state index in [1.54, 1.807) is 48.5 Å².